The fourth-order valence-corrected chi connectivity index (χ4v) is 2.42. The highest BCUT2D eigenvalue weighted by Gasteiger charge is 2.17. The summed E-state index contributed by atoms with van der Waals surface area (Å²) in [6, 6.07) is 12.9. The summed E-state index contributed by atoms with van der Waals surface area (Å²) in [5.41, 5.74) is 1.76. The lowest BCUT2D eigenvalue weighted by Crippen LogP contribution is -2.37. The molecule has 0 saturated heterocycles. The predicted molar refractivity (Wildman–Crippen MR) is 97.5 cm³/mol. The van der Waals surface area contributed by atoms with Crippen LogP contribution in [-0.2, 0) is 11.3 Å². The number of hydrogen-bond acceptors (Lipinski definition) is 5. The second-order valence-corrected chi connectivity index (χ2v) is 5.48. The second-order valence-electron chi connectivity index (χ2n) is 5.48. The number of rotatable bonds is 8. The molecule has 2 aromatic carbocycles. The Morgan fingerprint density at radius 1 is 1.00 bits per heavy atom. The van der Waals surface area contributed by atoms with Crippen molar-refractivity contribution in [3.8, 4) is 17.2 Å². The summed E-state index contributed by atoms with van der Waals surface area (Å²) in [5.74, 6) is 1.47. The summed E-state index contributed by atoms with van der Waals surface area (Å²) in [7, 11) is 4.65. The number of hydrogen-bond donors (Lipinski definition) is 2. The molecule has 2 rings (SSSR count). The van der Waals surface area contributed by atoms with Gasteiger partial charge in [-0.15, -0.1) is 0 Å². The maximum absolute atomic E-state index is 12.3. The van der Waals surface area contributed by atoms with Gasteiger partial charge in [-0.05, 0) is 12.5 Å². The van der Waals surface area contributed by atoms with Crippen molar-refractivity contribution in [3.05, 3.63) is 48.0 Å². The molecule has 2 aromatic rings. The van der Waals surface area contributed by atoms with Gasteiger partial charge in [-0.1, -0.05) is 30.3 Å². The molecule has 134 valence electrons. The summed E-state index contributed by atoms with van der Waals surface area (Å²) in [6.07, 6.45) is 0. The maximum atomic E-state index is 12.3. The summed E-state index contributed by atoms with van der Waals surface area (Å²) in [5, 5.41) is 6.06. The fourth-order valence-electron chi connectivity index (χ4n) is 2.42. The van der Waals surface area contributed by atoms with Crippen molar-refractivity contribution in [1.82, 2.24) is 5.32 Å². The van der Waals surface area contributed by atoms with E-state index in [0.29, 0.717) is 29.5 Å². The molecular weight excluding hydrogens is 320 g/mol. The number of anilines is 1. The van der Waals surface area contributed by atoms with E-state index in [2.05, 4.69) is 10.6 Å². The summed E-state index contributed by atoms with van der Waals surface area (Å²) in [6.45, 7) is 2.28. The van der Waals surface area contributed by atoms with Crippen LogP contribution in [0.15, 0.2) is 42.5 Å². The van der Waals surface area contributed by atoms with E-state index in [-0.39, 0.29) is 5.91 Å². The molecular formula is C19H24N2O4. The smallest absolute Gasteiger partial charge is 0.242 e. The van der Waals surface area contributed by atoms with Crippen molar-refractivity contribution in [2.24, 2.45) is 0 Å². The van der Waals surface area contributed by atoms with Crippen molar-refractivity contribution in [3.63, 3.8) is 0 Å². The molecule has 0 saturated carbocycles. The van der Waals surface area contributed by atoms with Crippen molar-refractivity contribution < 1.29 is 19.0 Å². The third-order valence-corrected chi connectivity index (χ3v) is 3.75. The van der Waals surface area contributed by atoms with Crippen LogP contribution >= 0.6 is 0 Å². The van der Waals surface area contributed by atoms with Crippen LogP contribution in [0.3, 0.4) is 0 Å². The minimum atomic E-state index is -0.425. The number of benzene rings is 2. The molecule has 2 N–H and O–H groups in total. The third kappa shape index (κ3) is 4.79. The van der Waals surface area contributed by atoms with Gasteiger partial charge in [0.15, 0.2) is 11.5 Å². The van der Waals surface area contributed by atoms with E-state index in [4.69, 9.17) is 14.2 Å². The number of carbonyl (C=O) groups is 1. The lowest BCUT2D eigenvalue weighted by molar-refractivity contribution is -0.121. The zero-order valence-electron chi connectivity index (χ0n) is 15.0. The van der Waals surface area contributed by atoms with Gasteiger partial charge in [-0.2, -0.15) is 0 Å². The average Bonchev–Trinajstić information content (AvgIpc) is 2.65. The van der Waals surface area contributed by atoms with Gasteiger partial charge < -0.3 is 24.8 Å². The molecule has 0 spiro atoms. The van der Waals surface area contributed by atoms with Gasteiger partial charge in [-0.25, -0.2) is 0 Å². The molecule has 6 nitrogen and oxygen atoms in total. The molecule has 0 heterocycles. The van der Waals surface area contributed by atoms with Crippen LogP contribution in [0, 0.1) is 0 Å². The van der Waals surface area contributed by atoms with Gasteiger partial charge in [-0.3, -0.25) is 4.79 Å². The standard InChI is InChI=1S/C19H24N2O4/c1-13(19(22)20-12-14-8-6-5-7-9-14)21-15-10-16(23-2)18(25-4)17(11-15)24-3/h5-11,13,21H,12H2,1-4H3,(H,20,22)/t13-/m1/s1. The Bertz CT molecular complexity index is 679. The van der Waals surface area contributed by atoms with Crippen LogP contribution in [0.25, 0.3) is 0 Å². The largest absolute Gasteiger partial charge is 0.493 e. The Balaban J connectivity index is 2.03. The Morgan fingerprint density at radius 3 is 2.12 bits per heavy atom. The van der Waals surface area contributed by atoms with E-state index in [1.54, 1.807) is 40.4 Å². The molecule has 0 radical (unpaired) electrons. The topological polar surface area (TPSA) is 68.8 Å². The molecule has 25 heavy (non-hydrogen) atoms. The zero-order chi connectivity index (χ0) is 18.2. The van der Waals surface area contributed by atoms with Crippen LogP contribution < -0.4 is 24.8 Å². The highest BCUT2D eigenvalue weighted by atomic mass is 16.5. The number of ether oxygens (including phenoxy) is 3. The van der Waals surface area contributed by atoms with Crippen LogP contribution in [0.5, 0.6) is 17.2 Å². The Labute approximate surface area is 148 Å². The number of nitrogens with one attached hydrogen (secondary N) is 2. The molecule has 0 aliphatic carbocycles. The first-order chi connectivity index (χ1) is 12.1. The molecule has 1 atom stereocenters. The number of amides is 1. The SMILES string of the molecule is COc1cc(N[C@H](C)C(=O)NCc2ccccc2)cc(OC)c1OC. The lowest BCUT2D eigenvalue weighted by atomic mass is 10.2. The van der Waals surface area contributed by atoms with Crippen molar-refractivity contribution >= 4 is 11.6 Å². The van der Waals surface area contributed by atoms with Crippen molar-refractivity contribution in [1.29, 1.82) is 0 Å². The molecule has 0 aromatic heterocycles. The van der Waals surface area contributed by atoms with E-state index >= 15 is 0 Å². The second kappa shape index (κ2) is 8.82. The van der Waals surface area contributed by atoms with Crippen LogP contribution in [0.4, 0.5) is 5.69 Å². The quantitative estimate of drug-likeness (QED) is 0.771. The molecule has 1 amide bonds. The molecule has 0 bridgehead atoms. The van der Waals surface area contributed by atoms with E-state index in [0.717, 1.165) is 5.56 Å². The summed E-state index contributed by atoms with van der Waals surface area (Å²) < 4.78 is 15.9. The Kier molecular flexibility index (Phi) is 6.51. The normalized spacial score (nSPS) is 11.4. The molecule has 0 unspecified atom stereocenters. The van der Waals surface area contributed by atoms with E-state index < -0.39 is 6.04 Å². The van der Waals surface area contributed by atoms with Crippen LogP contribution in [0.2, 0.25) is 0 Å². The first kappa shape index (κ1) is 18.4. The molecule has 0 aliphatic rings. The molecule has 6 heteroatoms. The summed E-state index contributed by atoms with van der Waals surface area (Å²) in [4.78, 5) is 12.3. The van der Waals surface area contributed by atoms with Gasteiger partial charge >= 0.3 is 0 Å². The third-order valence-electron chi connectivity index (χ3n) is 3.75. The zero-order valence-corrected chi connectivity index (χ0v) is 15.0. The number of carbonyl (C=O) groups excluding carboxylic acids is 1. The Morgan fingerprint density at radius 2 is 1.60 bits per heavy atom. The average molecular weight is 344 g/mol. The van der Waals surface area contributed by atoms with Crippen LogP contribution in [0.1, 0.15) is 12.5 Å². The van der Waals surface area contributed by atoms with Crippen molar-refractivity contribution in [2.45, 2.75) is 19.5 Å². The minimum absolute atomic E-state index is 0.0994. The van der Waals surface area contributed by atoms with Gasteiger partial charge in [0.05, 0.1) is 21.3 Å². The van der Waals surface area contributed by atoms with Gasteiger partial charge in [0, 0.05) is 24.4 Å². The van der Waals surface area contributed by atoms with Gasteiger partial charge in [0.25, 0.3) is 0 Å². The predicted octanol–water partition coefficient (Wildman–Crippen LogP) is 2.83. The fraction of sp³-hybridized carbons (Fsp3) is 0.316. The van der Waals surface area contributed by atoms with E-state index in [1.807, 2.05) is 30.3 Å². The highest BCUT2D eigenvalue weighted by molar-refractivity contribution is 5.84. The molecule has 0 aliphatic heterocycles. The first-order valence-corrected chi connectivity index (χ1v) is 7.97. The van der Waals surface area contributed by atoms with Crippen molar-refractivity contribution in [2.75, 3.05) is 26.6 Å². The lowest BCUT2D eigenvalue weighted by Gasteiger charge is -2.18. The van der Waals surface area contributed by atoms with Gasteiger partial charge in [0.2, 0.25) is 11.7 Å². The van der Waals surface area contributed by atoms with Gasteiger partial charge in [0.1, 0.15) is 6.04 Å². The van der Waals surface area contributed by atoms with E-state index in [9.17, 15) is 4.79 Å². The molecule has 0 fully saturated rings. The highest BCUT2D eigenvalue weighted by Crippen LogP contribution is 2.40. The monoisotopic (exact) mass is 344 g/mol. The summed E-state index contributed by atoms with van der Waals surface area (Å²) >= 11 is 0. The number of methoxy groups -OCH3 is 3. The minimum Gasteiger partial charge on any atom is -0.493 e. The maximum Gasteiger partial charge on any atom is 0.242 e. The first-order valence-electron chi connectivity index (χ1n) is 7.97. The van der Waals surface area contributed by atoms with Crippen LogP contribution in [-0.4, -0.2) is 33.3 Å². The van der Waals surface area contributed by atoms with E-state index in [1.165, 1.54) is 0 Å². The Hall–Kier alpha value is -2.89.